The first-order valence-electron chi connectivity index (χ1n) is 7.70. The number of nitrogens with two attached hydrogens (primary N) is 1. The molecule has 1 aliphatic rings. The molecular weight excluding hydrogens is 232 g/mol. The van der Waals surface area contributed by atoms with Gasteiger partial charge in [0.25, 0.3) is 0 Å². The largest absolute Gasteiger partial charge is 0.368 e. The summed E-state index contributed by atoms with van der Waals surface area (Å²) in [6, 6.07) is 9.49. The molecule has 1 fully saturated rings. The lowest BCUT2D eigenvalue weighted by molar-refractivity contribution is 0.533. The second kappa shape index (κ2) is 6.42. The SMILES string of the molecule is CC(C)CN(c1ccccc1[C@H](C)N)C1CCCC1. The summed E-state index contributed by atoms with van der Waals surface area (Å²) in [5.74, 6) is 0.682. The molecule has 0 spiro atoms. The van der Waals surface area contributed by atoms with Gasteiger partial charge in [0.05, 0.1) is 0 Å². The molecule has 19 heavy (non-hydrogen) atoms. The third-order valence-corrected chi connectivity index (χ3v) is 4.06. The number of anilines is 1. The first-order chi connectivity index (χ1) is 9.09. The molecule has 0 amide bonds. The quantitative estimate of drug-likeness (QED) is 0.863. The number of benzene rings is 1. The van der Waals surface area contributed by atoms with Gasteiger partial charge >= 0.3 is 0 Å². The van der Waals surface area contributed by atoms with E-state index in [1.807, 2.05) is 0 Å². The van der Waals surface area contributed by atoms with Crippen LogP contribution in [0.1, 0.15) is 58.1 Å². The van der Waals surface area contributed by atoms with Gasteiger partial charge in [0.1, 0.15) is 0 Å². The van der Waals surface area contributed by atoms with Crippen molar-refractivity contribution in [1.29, 1.82) is 0 Å². The highest BCUT2D eigenvalue weighted by molar-refractivity contribution is 5.55. The van der Waals surface area contributed by atoms with Crippen molar-refractivity contribution >= 4 is 5.69 Å². The van der Waals surface area contributed by atoms with E-state index in [2.05, 4.69) is 49.9 Å². The minimum atomic E-state index is 0.104. The highest BCUT2D eigenvalue weighted by Crippen LogP contribution is 2.33. The molecule has 0 aromatic heterocycles. The second-order valence-electron chi connectivity index (χ2n) is 6.33. The first kappa shape index (κ1) is 14.4. The monoisotopic (exact) mass is 260 g/mol. The minimum absolute atomic E-state index is 0.104. The Morgan fingerprint density at radius 2 is 1.79 bits per heavy atom. The van der Waals surface area contributed by atoms with Crippen LogP contribution in [0.4, 0.5) is 5.69 Å². The second-order valence-corrected chi connectivity index (χ2v) is 6.33. The topological polar surface area (TPSA) is 29.3 Å². The Morgan fingerprint density at radius 3 is 2.37 bits per heavy atom. The molecule has 1 aromatic rings. The highest BCUT2D eigenvalue weighted by Gasteiger charge is 2.25. The predicted octanol–water partition coefficient (Wildman–Crippen LogP) is 4.11. The van der Waals surface area contributed by atoms with Gasteiger partial charge in [-0.05, 0) is 37.3 Å². The van der Waals surface area contributed by atoms with Gasteiger partial charge in [-0.25, -0.2) is 0 Å². The Bertz CT molecular complexity index is 392. The van der Waals surface area contributed by atoms with Crippen LogP contribution in [-0.4, -0.2) is 12.6 Å². The van der Waals surface area contributed by atoms with E-state index >= 15 is 0 Å². The summed E-state index contributed by atoms with van der Waals surface area (Å²) < 4.78 is 0. The van der Waals surface area contributed by atoms with Crippen molar-refractivity contribution in [1.82, 2.24) is 0 Å². The smallest absolute Gasteiger partial charge is 0.0417 e. The molecule has 2 nitrogen and oxygen atoms in total. The van der Waals surface area contributed by atoms with E-state index < -0.39 is 0 Å². The fourth-order valence-corrected chi connectivity index (χ4v) is 3.19. The number of nitrogens with zero attached hydrogens (tertiary/aromatic N) is 1. The third-order valence-electron chi connectivity index (χ3n) is 4.06. The molecule has 2 heteroatoms. The predicted molar refractivity (Wildman–Crippen MR) is 83.5 cm³/mol. The van der Waals surface area contributed by atoms with E-state index in [0.717, 1.165) is 6.54 Å². The van der Waals surface area contributed by atoms with Crippen molar-refractivity contribution in [3.8, 4) is 0 Å². The van der Waals surface area contributed by atoms with Gasteiger partial charge in [-0.1, -0.05) is 44.9 Å². The summed E-state index contributed by atoms with van der Waals surface area (Å²) in [4.78, 5) is 2.62. The zero-order valence-electron chi connectivity index (χ0n) is 12.6. The molecule has 1 aliphatic carbocycles. The first-order valence-corrected chi connectivity index (χ1v) is 7.70. The molecule has 2 N–H and O–H groups in total. The molecule has 0 aliphatic heterocycles. The molecule has 1 aromatic carbocycles. The molecule has 1 atom stereocenters. The summed E-state index contributed by atoms with van der Waals surface area (Å²) in [7, 11) is 0. The van der Waals surface area contributed by atoms with Crippen molar-refractivity contribution in [2.24, 2.45) is 11.7 Å². The molecule has 0 unspecified atom stereocenters. The fraction of sp³-hybridized carbons (Fsp3) is 0.647. The maximum atomic E-state index is 6.16. The minimum Gasteiger partial charge on any atom is -0.368 e. The fourth-order valence-electron chi connectivity index (χ4n) is 3.19. The average molecular weight is 260 g/mol. The van der Waals surface area contributed by atoms with Crippen LogP contribution in [0.2, 0.25) is 0 Å². The number of hydrogen-bond donors (Lipinski definition) is 1. The standard InChI is InChI=1S/C17H28N2/c1-13(2)12-19(15-8-4-5-9-15)17-11-7-6-10-16(17)14(3)18/h6-7,10-11,13-15H,4-5,8-9,12,18H2,1-3H3/t14-/m0/s1. The number of para-hydroxylation sites is 1. The molecule has 106 valence electrons. The van der Waals surface area contributed by atoms with Crippen molar-refractivity contribution in [3.63, 3.8) is 0 Å². The maximum absolute atomic E-state index is 6.16. The molecule has 0 heterocycles. The summed E-state index contributed by atoms with van der Waals surface area (Å²) in [6.45, 7) is 7.82. The third kappa shape index (κ3) is 3.50. The maximum Gasteiger partial charge on any atom is 0.0417 e. The van der Waals surface area contributed by atoms with E-state index in [-0.39, 0.29) is 6.04 Å². The van der Waals surface area contributed by atoms with Crippen molar-refractivity contribution in [3.05, 3.63) is 29.8 Å². The van der Waals surface area contributed by atoms with Gasteiger partial charge < -0.3 is 10.6 Å². The highest BCUT2D eigenvalue weighted by atomic mass is 15.2. The lowest BCUT2D eigenvalue weighted by atomic mass is 10.0. The van der Waals surface area contributed by atoms with Crippen LogP contribution in [0.15, 0.2) is 24.3 Å². The van der Waals surface area contributed by atoms with Crippen LogP contribution in [0.5, 0.6) is 0 Å². The summed E-state index contributed by atoms with van der Waals surface area (Å²) in [5, 5.41) is 0. The van der Waals surface area contributed by atoms with Crippen LogP contribution in [0.25, 0.3) is 0 Å². The van der Waals surface area contributed by atoms with Crippen molar-refractivity contribution in [2.75, 3.05) is 11.4 Å². The van der Waals surface area contributed by atoms with Gasteiger partial charge in [0.2, 0.25) is 0 Å². The van der Waals surface area contributed by atoms with Crippen LogP contribution in [0.3, 0.4) is 0 Å². The van der Waals surface area contributed by atoms with Crippen molar-refractivity contribution < 1.29 is 0 Å². The molecule has 0 bridgehead atoms. The Hall–Kier alpha value is -1.02. The van der Waals surface area contributed by atoms with E-state index in [0.29, 0.717) is 12.0 Å². The number of rotatable bonds is 5. The van der Waals surface area contributed by atoms with Crippen LogP contribution in [-0.2, 0) is 0 Å². The molecule has 0 saturated heterocycles. The van der Waals surface area contributed by atoms with Gasteiger partial charge in [-0.3, -0.25) is 0 Å². The molecule has 0 radical (unpaired) electrons. The van der Waals surface area contributed by atoms with Gasteiger partial charge in [0, 0.05) is 24.3 Å². The number of hydrogen-bond acceptors (Lipinski definition) is 2. The van der Waals surface area contributed by atoms with E-state index in [1.54, 1.807) is 0 Å². The average Bonchev–Trinajstić information content (AvgIpc) is 2.89. The Labute approximate surface area is 118 Å². The molecule has 1 saturated carbocycles. The zero-order valence-corrected chi connectivity index (χ0v) is 12.6. The lowest BCUT2D eigenvalue weighted by Crippen LogP contribution is -2.37. The van der Waals surface area contributed by atoms with Gasteiger partial charge in [0.15, 0.2) is 0 Å². The Morgan fingerprint density at radius 1 is 1.16 bits per heavy atom. The summed E-state index contributed by atoms with van der Waals surface area (Å²) >= 11 is 0. The zero-order chi connectivity index (χ0) is 13.8. The normalized spacial score (nSPS) is 17.9. The van der Waals surface area contributed by atoms with Crippen molar-refractivity contribution in [2.45, 2.75) is 58.5 Å². The van der Waals surface area contributed by atoms with E-state index in [9.17, 15) is 0 Å². The van der Waals surface area contributed by atoms with E-state index in [1.165, 1.54) is 36.9 Å². The molecule has 2 rings (SSSR count). The van der Waals surface area contributed by atoms with Crippen LogP contribution < -0.4 is 10.6 Å². The summed E-state index contributed by atoms with van der Waals surface area (Å²) in [5.41, 5.74) is 8.80. The van der Waals surface area contributed by atoms with Crippen LogP contribution >= 0.6 is 0 Å². The van der Waals surface area contributed by atoms with Gasteiger partial charge in [-0.2, -0.15) is 0 Å². The molecular formula is C17H28N2. The van der Waals surface area contributed by atoms with Crippen LogP contribution in [0, 0.1) is 5.92 Å². The Balaban J connectivity index is 2.31. The Kier molecular flexibility index (Phi) is 4.87. The lowest BCUT2D eigenvalue weighted by Gasteiger charge is -2.35. The summed E-state index contributed by atoms with van der Waals surface area (Å²) in [6.07, 6.45) is 5.42. The van der Waals surface area contributed by atoms with E-state index in [4.69, 9.17) is 5.73 Å². The van der Waals surface area contributed by atoms with Gasteiger partial charge in [-0.15, -0.1) is 0 Å².